The molecule has 47 heavy (non-hydrogen) atoms. The molecule has 1 aliphatic heterocycles. The molecule has 0 spiro atoms. The highest BCUT2D eigenvalue weighted by Gasteiger charge is 2.23. The quantitative estimate of drug-likeness (QED) is 0.182. The van der Waals surface area contributed by atoms with E-state index in [9.17, 15) is 18.0 Å². The lowest BCUT2D eigenvalue weighted by molar-refractivity contribution is -0.132. The van der Waals surface area contributed by atoms with Gasteiger partial charge in [-0.1, -0.05) is 18.2 Å². The summed E-state index contributed by atoms with van der Waals surface area (Å²) >= 11 is 0. The van der Waals surface area contributed by atoms with Crippen LogP contribution in [-0.2, 0) is 14.8 Å². The molecule has 0 unspecified atom stereocenters. The summed E-state index contributed by atoms with van der Waals surface area (Å²) in [5.41, 5.74) is 8.04. The summed E-state index contributed by atoms with van der Waals surface area (Å²) in [7, 11) is 1.14. The molecular weight excluding hydrogens is 665 g/mol. The number of carbonyl (C=O) groups excluding carboxylic acids is 2. The van der Waals surface area contributed by atoms with Crippen molar-refractivity contribution in [2.24, 2.45) is 0 Å². The molecule has 4 rings (SSSR count). The molecule has 1 fully saturated rings. The first-order valence-electron chi connectivity index (χ1n) is 15.0. The van der Waals surface area contributed by atoms with E-state index in [-0.39, 0.29) is 58.6 Å². The number of nitrogens with zero attached hydrogens (tertiary/aromatic N) is 3. The van der Waals surface area contributed by atoms with Crippen molar-refractivity contribution in [1.82, 2.24) is 9.80 Å². The topological polar surface area (TPSA) is 135 Å². The number of rotatable bonds is 13. The molecule has 14 heteroatoms. The number of halogens is 2. The summed E-state index contributed by atoms with van der Waals surface area (Å²) in [6.07, 6.45) is 2.99. The molecule has 0 atom stereocenters. The highest BCUT2D eigenvalue weighted by Crippen LogP contribution is 2.33. The lowest BCUT2D eigenvalue weighted by Crippen LogP contribution is -2.47. The Bertz CT molecular complexity index is 1620. The van der Waals surface area contributed by atoms with Gasteiger partial charge in [0.15, 0.2) is 0 Å². The molecule has 3 aromatic carbocycles. The number of nitrogens with two attached hydrogens (primary N) is 1. The standard InChI is InChI=1S/C33H43N5O6S.2ClH/c1-24-13-16-28(30(22-24)44-21-9-5-6-12-32(39)38-19-17-36(2)18-20-38)37(3)33(40)25-14-15-27(29(23-25)43-4)35-45(41,42)31-11-8-7-10-26(31)34;;/h7-8,10-11,13-16,22-23,35H,5-6,9,12,17-21,34H2,1-4H3;2*1H. The number of anilines is 3. The molecule has 11 nitrogen and oxygen atoms in total. The van der Waals surface area contributed by atoms with E-state index in [4.69, 9.17) is 15.2 Å². The van der Waals surface area contributed by atoms with Gasteiger partial charge in [0.2, 0.25) is 5.91 Å². The van der Waals surface area contributed by atoms with Crippen LogP contribution < -0.4 is 24.8 Å². The molecular formula is C33H45Cl2N5O6S. The number of aryl methyl sites for hydroxylation is 1. The third-order valence-electron chi connectivity index (χ3n) is 7.83. The van der Waals surface area contributed by atoms with Gasteiger partial charge >= 0.3 is 0 Å². The van der Waals surface area contributed by atoms with Crippen LogP contribution in [0.3, 0.4) is 0 Å². The van der Waals surface area contributed by atoms with Crippen molar-refractivity contribution in [3.8, 4) is 11.5 Å². The second kappa shape index (κ2) is 18.0. The van der Waals surface area contributed by atoms with Crippen LogP contribution in [0.4, 0.5) is 17.1 Å². The predicted molar refractivity (Wildman–Crippen MR) is 191 cm³/mol. The van der Waals surface area contributed by atoms with Gasteiger partial charge in [0.05, 0.1) is 30.8 Å². The van der Waals surface area contributed by atoms with E-state index in [2.05, 4.69) is 16.7 Å². The number of amides is 2. The summed E-state index contributed by atoms with van der Waals surface area (Å²) in [6, 6.07) is 16.3. The van der Waals surface area contributed by atoms with Crippen LogP contribution in [0.15, 0.2) is 65.6 Å². The average Bonchev–Trinajstić information content (AvgIpc) is 3.02. The van der Waals surface area contributed by atoms with Crippen LogP contribution in [-0.4, -0.2) is 84.0 Å². The van der Waals surface area contributed by atoms with Crippen molar-refractivity contribution < 1.29 is 27.5 Å². The summed E-state index contributed by atoms with van der Waals surface area (Å²) in [4.78, 5) is 31.7. The van der Waals surface area contributed by atoms with Crippen LogP contribution in [0.2, 0.25) is 0 Å². The van der Waals surface area contributed by atoms with Crippen LogP contribution in [0.5, 0.6) is 11.5 Å². The zero-order chi connectivity index (χ0) is 32.6. The third kappa shape index (κ3) is 10.4. The van der Waals surface area contributed by atoms with Gasteiger partial charge in [-0.2, -0.15) is 0 Å². The largest absolute Gasteiger partial charge is 0.495 e. The second-order valence-corrected chi connectivity index (χ2v) is 12.9. The van der Waals surface area contributed by atoms with Crippen molar-refractivity contribution in [3.05, 3.63) is 71.8 Å². The first-order chi connectivity index (χ1) is 21.5. The normalized spacial score (nSPS) is 13.1. The van der Waals surface area contributed by atoms with Gasteiger partial charge in [-0.05, 0) is 81.3 Å². The monoisotopic (exact) mass is 709 g/mol. The van der Waals surface area contributed by atoms with Gasteiger partial charge in [-0.25, -0.2) is 8.42 Å². The number of nitrogens with one attached hydrogen (secondary N) is 1. The van der Waals surface area contributed by atoms with E-state index in [1.165, 1.54) is 42.3 Å². The molecule has 258 valence electrons. The zero-order valence-electron chi connectivity index (χ0n) is 27.2. The molecule has 0 aliphatic carbocycles. The Kier molecular flexibility index (Phi) is 15.1. The minimum atomic E-state index is -3.99. The van der Waals surface area contributed by atoms with Crippen molar-refractivity contribution in [3.63, 3.8) is 0 Å². The molecule has 0 aromatic heterocycles. The Morgan fingerprint density at radius 2 is 1.64 bits per heavy atom. The third-order valence-corrected chi connectivity index (χ3v) is 9.27. The Morgan fingerprint density at radius 1 is 0.936 bits per heavy atom. The number of piperazine rings is 1. The summed E-state index contributed by atoms with van der Waals surface area (Å²) in [5.74, 6) is 0.647. The number of sulfonamides is 1. The lowest BCUT2D eigenvalue weighted by Gasteiger charge is -2.32. The second-order valence-electron chi connectivity index (χ2n) is 11.2. The highest BCUT2D eigenvalue weighted by atomic mass is 35.5. The number of unbranched alkanes of at least 4 members (excludes halogenated alkanes) is 2. The van der Waals surface area contributed by atoms with Crippen molar-refractivity contribution >= 4 is 63.7 Å². The molecule has 2 amide bonds. The van der Waals surface area contributed by atoms with Gasteiger partial charge in [0, 0.05) is 45.2 Å². The highest BCUT2D eigenvalue weighted by molar-refractivity contribution is 7.92. The minimum Gasteiger partial charge on any atom is -0.495 e. The molecule has 1 saturated heterocycles. The predicted octanol–water partition coefficient (Wildman–Crippen LogP) is 5.22. The van der Waals surface area contributed by atoms with Crippen LogP contribution in [0, 0.1) is 6.92 Å². The number of hydrogen-bond acceptors (Lipinski definition) is 8. The molecule has 1 heterocycles. The van der Waals surface area contributed by atoms with Crippen molar-refractivity contribution in [1.29, 1.82) is 0 Å². The Hall–Kier alpha value is -3.71. The maximum Gasteiger partial charge on any atom is 0.264 e. The number of likely N-dealkylation sites (N-methyl/N-ethyl adjacent to an activating group) is 1. The zero-order valence-corrected chi connectivity index (χ0v) is 29.7. The van der Waals surface area contributed by atoms with E-state index in [0.717, 1.165) is 51.0 Å². The minimum absolute atomic E-state index is 0. The molecule has 0 saturated carbocycles. The molecule has 1 aliphatic rings. The van der Waals surface area contributed by atoms with Crippen LogP contribution in [0.1, 0.15) is 41.6 Å². The summed E-state index contributed by atoms with van der Waals surface area (Å²) in [6.45, 7) is 5.83. The average molecular weight is 711 g/mol. The van der Waals surface area contributed by atoms with E-state index in [1.54, 1.807) is 19.2 Å². The number of hydrogen-bond donors (Lipinski definition) is 2. The Morgan fingerprint density at radius 3 is 2.32 bits per heavy atom. The number of nitrogen functional groups attached to an aromatic ring is 1. The maximum absolute atomic E-state index is 13.6. The fourth-order valence-corrected chi connectivity index (χ4v) is 6.31. The lowest BCUT2D eigenvalue weighted by atomic mass is 10.1. The van der Waals surface area contributed by atoms with Gasteiger partial charge in [-0.3, -0.25) is 14.3 Å². The first kappa shape index (κ1) is 39.5. The fourth-order valence-electron chi connectivity index (χ4n) is 5.10. The van der Waals surface area contributed by atoms with Gasteiger partial charge in [0.25, 0.3) is 15.9 Å². The Balaban J connectivity index is 0.00000384. The molecule has 0 radical (unpaired) electrons. The van der Waals surface area contributed by atoms with Gasteiger partial charge in [0.1, 0.15) is 16.4 Å². The van der Waals surface area contributed by atoms with E-state index >= 15 is 0 Å². The Labute approximate surface area is 290 Å². The van der Waals surface area contributed by atoms with E-state index in [1.807, 2.05) is 30.0 Å². The molecule has 3 aromatic rings. The van der Waals surface area contributed by atoms with E-state index in [0.29, 0.717) is 30.0 Å². The molecule has 3 N–H and O–H groups in total. The summed E-state index contributed by atoms with van der Waals surface area (Å²) < 4.78 is 40.0. The molecule has 0 bridgehead atoms. The summed E-state index contributed by atoms with van der Waals surface area (Å²) in [5, 5.41) is 0. The number of carbonyl (C=O) groups is 2. The first-order valence-corrected chi connectivity index (χ1v) is 16.5. The van der Waals surface area contributed by atoms with Crippen LogP contribution >= 0.6 is 24.8 Å². The van der Waals surface area contributed by atoms with Crippen molar-refractivity contribution in [2.45, 2.75) is 37.5 Å². The van der Waals surface area contributed by atoms with Crippen molar-refractivity contribution in [2.75, 3.05) is 69.3 Å². The number of methoxy groups -OCH3 is 1. The number of ether oxygens (including phenoxy) is 2. The number of para-hydroxylation sites is 1. The fraction of sp³-hybridized carbons (Fsp3) is 0.394. The smallest absolute Gasteiger partial charge is 0.264 e. The SMILES string of the molecule is COc1cc(C(=O)N(C)c2ccc(C)cc2OCCCCCC(=O)N2CCN(C)CC2)ccc1NS(=O)(=O)c1ccccc1N.Cl.Cl. The maximum atomic E-state index is 13.6. The van der Waals surface area contributed by atoms with Crippen LogP contribution in [0.25, 0.3) is 0 Å². The number of benzene rings is 3. The van der Waals surface area contributed by atoms with Gasteiger partial charge in [-0.15, -0.1) is 24.8 Å². The van der Waals surface area contributed by atoms with Gasteiger partial charge < -0.3 is 29.9 Å². The van der Waals surface area contributed by atoms with E-state index < -0.39 is 10.0 Å².